The molecule has 1 rings (SSSR count). The van der Waals surface area contributed by atoms with E-state index in [1.807, 2.05) is 0 Å². The lowest BCUT2D eigenvalue weighted by Gasteiger charge is -2.39. The first kappa shape index (κ1) is 57.7. The van der Waals surface area contributed by atoms with Crippen molar-refractivity contribution in [2.75, 3.05) is 26.4 Å². The minimum Gasteiger partial charge on any atom is -0.457 e. The molecule has 0 amide bonds. The van der Waals surface area contributed by atoms with E-state index >= 15 is 0 Å². The molecule has 0 bridgehead atoms. The zero-order valence-electron chi connectivity index (χ0n) is 39.7. The molecule has 360 valence electrons. The maximum Gasteiger partial charge on any atom is 0.306 e. The lowest BCUT2D eigenvalue weighted by atomic mass is 9.99. The van der Waals surface area contributed by atoms with Gasteiger partial charge < -0.3 is 39.4 Å². The summed E-state index contributed by atoms with van der Waals surface area (Å²) in [5.41, 5.74) is 0. The van der Waals surface area contributed by atoms with E-state index < -0.39 is 43.4 Å². The van der Waals surface area contributed by atoms with Crippen LogP contribution in [0.2, 0.25) is 0 Å². The van der Waals surface area contributed by atoms with Crippen LogP contribution in [0.4, 0.5) is 0 Å². The van der Waals surface area contributed by atoms with E-state index in [4.69, 9.17) is 18.9 Å². The molecule has 1 aliphatic heterocycles. The topological polar surface area (TPSA) is 135 Å². The predicted molar refractivity (Wildman–Crippen MR) is 252 cm³/mol. The Kier molecular flexibility index (Phi) is 41.5. The normalized spacial score (nSPS) is 20.0. The maximum atomic E-state index is 12.8. The average Bonchev–Trinajstić information content (AvgIpc) is 3.26. The van der Waals surface area contributed by atoms with E-state index in [2.05, 4.69) is 38.2 Å². The second kappa shape index (κ2) is 43.9. The Hall–Kier alpha value is -1.33. The van der Waals surface area contributed by atoms with Gasteiger partial charge in [-0.1, -0.05) is 192 Å². The fraction of sp³-hybridized carbons (Fsp3) is 0.904. The number of esters is 1. The summed E-state index contributed by atoms with van der Waals surface area (Å²) in [7, 11) is 0. The SMILES string of the molecule is CCCCCCCCC/C=C\CCCCCCCC(=O)OC(COCCCCCCCCCCCC/C=C\CCCCCCCCCC)COC1OC(CO)C(O)C(O)C1O. The minimum absolute atomic E-state index is 0.114. The van der Waals surface area contributed by atoms with Crippen LogP contribution in [0.25, 0.3) is 0 Å². The second-order valence-electron chi connectivity index (χ2n) is 18.0. The molecule has 0 spiro atoms. The predicted octanol–water partition coefficient (Wildman–Crippen LogP) is 12.5. The zero-order valence-corrected chi connectivity index (χ0v) is 39.7. The molecule has 1 aliphatic rings. The molecule has 61 heavy (non-hydrogen) atoms. The third-order valence-electron chi connectivity index (χ3n) is 12.1. The molecule has 0 radical (unpaired) electrons. The van der Waals surface area contributed by atoms with Crippen molar-refractivity contribution < 1.29 is 44.2 Å². The van der Waals surface area contributed by atoms with Crippen molar-refractivity contribution in [1.82, 2.24) is 0 Å². The van der Waals surface area contributed by atoms with E-state index in [0.717, 1.165) is 44.9 Å². The van der Waals surface area contributed by atoms with Gasteiger partial charge in [0.15, 0.2) is 6.29 Å². The van der Waals surface area contributed by atoms with Crippen LogP contribution in [0.5, 0.6) is 0 Å². The number of aliphatic hydroxyl groups excluding tert-OH is 4. The van der Waals surface area contributed by atoms with Gasteiger partial charge in [-0.25, -0.2) is 0 Å². The van der Waals surface area contributed by atoms with Crippen molar-refractivity contribution in [2.24, 2.45) is 0 Å². The Morgan fingerprint density at radius 3 is 1.33 bits per heavy atom. The Morgan fingerprint density at radius 1 is 0.508 bits per heavy atom. The van der Waals surface area contributed by atoms with Crippen LogP contribution in [-0.4, -0.2) is 89.6 Å². The molecular formula is C52H98O9. The fourth-order valence-corrected chi connectivity index (χ4v) is 8.01. The van der Waals surface area contributed by atoms with Crippen molar-refractivity contribution in [2.45, 2.75) is 275 Å². The zero-order chi connectivity index (χ0) is 44.3. The van der Waals surface area contributed by atoms with E-state index in [1.54, 1.807) is 0 Å². The average molecular weight is 867 g/mol. The summed E-state index contributed by atoms with van der Waals surface area (Å²) in [6, 6.07) is 0. The first-order chi connectivity index (χ1) is 29.9. The van der Waals surface area contributed by atoms with Crippen LogP contribution in [0.15, 0.2) is 24.3 Å². The van der Waals surface area contributed by atoms with Gasteiger partial charge in [0.2, 0.25) is 0 Å². The number of carbonyl (C=O) groups excluding carboxylic acids is 1. The summed E-state index contributed by atoms with van der Waals surface area (Å²) in [6.45, 7) is 4.58. The molecule has 1 heterocycles. The van der Waals surface area contributed by atoms with E-state index in [-0.39, 0.29) is 19.2 Å². The molecule has 1 fully saturated rings. The number of allylic oxidation sites excluding steroid dienone is 4. The molecule has 6 unspecified atom stereocenters. The third-order valence-corrected chi connectivity index (χ3v) is 12.1. The van der Waals surface area contributed by atoms with Gasteiger partial charge in [0.1, 0.15) is 30.5 Å². The Bertz CT molecular complexity index is 988. The molecule has 0 aromatic carbocycles. The van der Waals surface area contributed by atoms with Crippen molar-refractivity contribution in [3.8, 4) is 0 Å². The monoisotopic (exact) mass is 867 g/mol. The lowest BCUT2D eigenvalue weighted by Crippen LogP contribution is -2.59. The second-order valence-corrected chi connectivity index (χ2v) is 18.0. The van der Waals surface area contributed by atoms with Crippen molar-refractivity contribution in [3.05, 3.63) is 24.3 Å². The molecular weight excluding hydrogens is 769 g/mol. The largest absolute Gasteiger partial charge is 0.457 e. The number of hydrogen-bond donors (Lipinski definition) is 4. The molecule has 4 N–H and O–H groups in total. The molecule has 0 aromatic rings. The fourth-order valence-electron chi connectivity index (χ4n) is 8.01. The molecule has 1 saturated heterocycles. The molecule has 0 aliphatic carbocycles. The highest BCUT2D eigenvalue weighted by Gasteiger charge is 2.44. The summed E-state index contributed by atoms with van der Waals surface area (Å²) in [5, 5.41) is 40.2. The van der Waals surface area contributed by atoms with Crippen molar-refractivity contribution >= 4 is 5.97 Å². The van der Waals surface area contributed by atoms with Crippen molar-refractivity contribution in [1.29, 1.82) is 0 Å². The van der Waals surface area contributed by atoms with Crippen LogP contribution < -0.4 is 0 Å². The van der Waals surface area contributed by atoms with Gasteiger partial charge in [-0.3, -0.25) is 4.79 Å². The first-order valence-corrected chi connectivity index (χ1v) is 25.9. The van der Waals surface area contributed by atoms with Crippen LogP contribution >= 0.6 is 0 Å². The maximum absolute atomic E-state index is 12.8. The highest BCUT2D eigenvalue weighted by molar-refractivity contribution is 5.69. The van der Waals surface area contributed by atoms with Gasteiger partial charge in [-0.2, -0.15) is 0 Å². The van der Waals surface area contributed by atoms with Gasteiger partial charge in [0.25, 0.3) is 0 Å². The van der Waals surface area contributed by atoms with Crippen LogP contribution in [0.1, 0.15) is 239 Å². The number of aliphatic hydroxyl groups is 4. The molecule has 6 atom stereocenters. The van der Waals surface area contributed by atoms with E-state index in [0.29, 0.717) is 13.0 Å². The number of hydrogen-bond acceptors (Lipinski definition) is 9. The minimum atomic E-state index is -1.54. The summed E-state index contributed by atoms with van der Waals surface area (Å²) in [5.74, 6) is -0.319. The molecule has 9 nitrogen and oxygen atoms in total. The number of rotatable bonds is 45. The van der Waals surface area contributed by atoms with Crippen LogP contribution in [-0.2, 0) is 23.7 Å². The van der Waals surface area contributed by atoms with E-state index in [9.17, 15) is 25.2 Å². The third kappa shape index (κ3) is 34.7. The summed E-state index contributed by atoms with van der Waals surface area (Å²) < 4.78 is 22.9. The van der Waals surface area contributed by atoms with Gasteiger partial charge in [-0.05, 0) is 64.2 Å². The standard InChI is InChI=1S/C52H98O9/c1-3-5-7-9-11-13-15-17-19-21-22-23-24-25-26-28-30-32-34-36-38-40-42-58-44-46(45-59-52-51(57)50(56)49(55)47(43-53)61-52)60-48(54)41-39-37-35-33-31-29-27-20-18-16-14-12-10-8-6-4-2/h20-22,27,46-47,49-53,55-57H,3-19,23-26,28-45H2,1-2H3/b22-21-,27-20-. The smallest absolute Gasteiger partial charge is 0.306 e. The number of carbonyl (C=O) groups is 1. The van der Waals surface area contributed by atoms with Crippen LogP contribution in [0.3, 0.4) is 0 Å². The number of ether oxygens (including phenoxy) is 4. The Balaban J connectivity index is 2.19. The first-order valence-electron chi connectivity index (χ1n) is 25.9. The van der Waals surface area contributed by atoms with Gasteiger partial charge in [0.05, 0.1) is 19.8 Å². The highest BCUT2D eigenvalue weighted by Crippen LogP contribution is 2.23. The van der Waals surface area contributed by atoms with Crippen molar-refractivity contribution in [3.63, 3.8) is 0 Å². The highest BCUT2D eigenvalue weighted by atomic mass is 16.7. The Labute approximate surface area is 375 Å². The number of unbranched alkanes of at least 4 members (excludes halogenated alkanes) is 30. The molecule has 9 heteroatoms. The molecule has 0 saturated carbocycles. The summed E-state index contributed by atoms with van der Waals surface area (Å²) in [4.78, 5) is 12.8. The summed E-state index contributed by atoms with van der Waals surface area (Å²) >= 11 is 0. The molecule has 0 aromatic heterocycles. The van der Waals surface area contributed by atoms with E-state index in [1.165, 1.54) is 173 Å². The van der Waals surface area contributed by atoms with Gasteiger partial charge in [0, 0.05) is 13.0 Å². The van der Waals surface area contributed by atoms with Crippen LogP contribution in [0, 0.1) is 0 Å². The van der Waals surface area contributed by atoms with Gasteiger partial charge in [-0.15, -0.1) is 0 Å². The Morgan fingerprint density at radius 2 is 0.902 bits per heavy atom. The summed E-state index contributed by atoms with van der Waals surface area (Å²) in [6.07, 6.45) is 45.0. The lowest BCUT2D eigenvalue weighted by molar-refractivity contribution is -0.305. The quantitative estimate of drug-likeness (QED) is 0.0268. The van der Waals surface area contributed by atoms with Gasteiger partial charge >= 0.3 is 5.97 Å².